The molecule has 0 spiro atoms. The second-order valence-electron chi connectivity index (χ2n) is 4.50. The fourth-order valence-corrected chi connectivity index (χ4v) is 4.41. The van der Waals surface area contributed by atoms with Crippen molar-refractivity contribution < 1.29 is 16.8 Å². The number of sulfone groups is 1. The number of alkyl halides is 1. The number of nitrogens with one attached hydrogen (secondary N) is 1. The Morgan fingerprint density at radius 1 is 1.58 bits per heavy atom. The summed E-state index contributed by atoms with van der Waals surface area (Å²) < 4.78 is 49.6. The molecule has 0 saturated carbocycles. The highest BCUT2D eigenvalue weighted by molar-refractivity contribution is 7.93. The van der Waals surface area contributed by atoms with Gasteiger partial charge in [-0.1, -0.05) is 0 Å². The molecule has 1 saturated heterocycles. The SMILES string of the molecule is Cc1cc(NS(=O)(=O)CCl)n(C2CCS(=O)(=O)C2)n1. The van der Waals surface area contributed by atoms with Crippen LogP contribution in [0.1, 0.15) is 18.2 Å². The van der Waals surface area contributed by atoms with Crippen molar-refractivity contribution in [2.45, 2.75) is 19.4 Å². The largest absolute Gasteiger partial charge is 0.267 e. The Balaban J connectivity index is 2.32. The first-order chi connectivity index (χ1) is 8.72. The number of hydrogen-bond acceptors (Lipinski definition) is 5. The van der Waals surface area contributed by atoms with E-state index in [4.69, 9.17) is 11.6 Å². The summed E-state index contributed by atoms with van der Waals surface area (Å²) in [5.41, 5.74) is 0.608. The van der Waals surface area contributed by atoms with E-state index < -0.39 is 25.1 Å². The highest BCUT2D eigenvalue weighted by Crippen LogP contribution is 2.27. The lowest BCUT2D eigenvalue weighted by molar-refractivity contribution is 0.503. The lowest BCUT2D eigenvalue weighted by Gasteiger charge is -2.13. The van der Waals surface area contributed by atoms with E-state index >= 15 is 0 Å². The second-order valence-corrected chi connectivity index (χ2v) is 9.03. The van der Waals surface area contributed by atoms with E-state index in [1.54, 1.807) is 13.0 Å². The van der Waals surface area contributed by atoms with Crippen molar-refractivity contribution in [2.24, 2.45) is 0 Å². The Morgan fingerprint density at radius 2 is 2.26 bits per heavy atom. The number of sulfonamides is 1. The Labute approximate surface area is 116 Å². The molecule has 19 heavy (non-hydrogen) atoms. The summed E-state index contributed by atoms with van der Waals surface area (Å²) >= 11 is 5.33. The quantitative estimate of drug-likeness (QED) is 0.811. The Bertz CT molecular complexity index is 680. The van der Waals surface area contributed by atoms with E-state index in [1.165, 1.54) is 4.68 Å². The molecule has 0 aliphatic carbocycles. The van der Waals surface area contributed by atoms with E-state index in [0.717, 1.165) is 0 Å². The van der Waals surface area contributed by atoms with Crippen molar-refractivity contribution >= 4 is 37.3 Å². The predicted molar refractivity (Wildman–Crippen MR) is 72.5 cm³/mol. The molecule has 1 aliphatic heterocycles. The van der Waals surface area contributed by atoms with Crippen LogP contribution in [0.25, 0.3) is 0 Å². The van der Waals surface area contributed by atoms with Crippen LogP contribution in [0, 0.1) is 6.92 Å². The molecule has 0 radical (unpaired) electrons. The molecule has 2 rings (SSSR count). The van der Waals surface area contributed by atoms with E-state index in [9.17, 15) is 16.8 Å². The van der Waals surface area contributed by atoms with Crippen molar-refractivity contribution in [1.82, 2.24) is 9.78 Å². The number of anilines is 1. The van der Waals surface area contributed by atoms with Crippen LogP contribution in [-0.2, 0) is 19.9 Å². The molecular formula is C9H14ClN3O4S2. The van der Waals surface area contributed by atoms with E-state index in [2.05, 4.69) is 9.82 Å². The van der Waals surface area contributed by atoms with Gasteiger partial charge in [-0.05, 0) is 13.3 Å². The van der Waals surface area contributed by atoms with Crippen LogP contribution in [-0.4, -0.2) is 43.3 Å². The van der Waals surface area contributed by atoms with Gasteiger partial charge in [0.2, 0.25) is 10.0 Å². The third-order valence-corrected chi connectivity index (χ3v) is 6.24. The summed E-state index contributed by atoms with van der Waals surface area (Å²) in [7, 11) is -6.70. The van der Waals surface area contributed by atoms with Gasteiger partial charge in [-0.15, -0.1) is 11.6 Å². The van der Waals surface area contributed by atoms with Gasteiger partial charge in [0.1, 0.15) is 11.0 Å². The number of aryl methyl sites for hydroxylation is 1. The van der Waals surface area contributed by atoms with Crippen LogP contribution in [0.3, 0.4) is 0 Å². The standard InChI is InChI=1S/C9H14ClN3O4S2/c1-7-4-9(12-19(16,17)6-10)13(11-7)8-2-3-18(14,15)5-8/h4,8,12H,2-3,5-6H2,1H3. The molecule has 1 atom stereocenters. The van der Waals surface area contributed by atoms with Crippen LogP contribution in [0.15, 0.2) is 6.07 Å². The molecule has 1 aliphatic rings. The zero-order chi connectivity index (χ0) is 14.3. The van der Waals surface area contributed by atoms with Crippen molar-refractivity contribution in [3.8, 4) is 0 Å². The number of halogens is 1. The van der Waals surface area contributed by atoms with Gasteiger partial charge in [0.05, 0.1) is 23.2 Å². The van der Waals surface area contributed by atoms with Crippen LogP contribution >= 0.6 is 11.6 Å². The van der Waals surface area contributed by atoms with Crippen molar-refractivity contribution in [3.63, 3.8) is 0 Å². The average molecular weight is 328 g/mol. The molecule has 2 heterocycles. The van der Waals surface area contributed by atoms with Gasteiger partial charge in [0.25, 0.3) is 0 Å². The Kier molecular flexibility index (Phi) is 3.80. The van der Waals surface area contributed by atoms with Gasteiger partial charge in [-0.3, -0.25) is 4.72 Å². The third kappa shape index (κ3) is 3.40. The summed E-state index contributed by atoms with van der Waals surface area (Å²) in [6.07, 6.45) is 0.430. The molecule has 0 amide bonds. The third-order valence-electron chi connectivity index (χ3n) is 2.82. The fourth-order valence-electron chi connectivity index (χ4n) is 2.03. The van der Waals surface area contributed by atoms with Gasteiger partial charge in [-0.2, -0.15) is 5.10 Å². The van der Waals surface area contributed by atoms with Gasteiger partial charge in [0, 0.05) is 6.07 Å². The summed E-state index contributed by atoms with van der Waals surface area (Å²) in [6, 6.07) is 1.21. The van der Waals surface area contributed by atoms with E-state index in [1.807, 2.05) is 0 Å². The maximum atomic E-state index is 11.5. The number of nitrogens with zero attached hydrogens (tertiary/aromatic N) is 2. The zero-order valence-electron chi connectivity index (χ0n) is 10.2. The topological polar surface area (TPSA) is 98.1 Å². The predicted octanol–water partition coefficient (Wildman–Crippen LogP) is 0.489. The summed E-state index contributed by atoms with van der Waals surface area (Å²) in [5.74, 6) is 0.322. The lowest BCUT2D eigenvalue weighted by atomic mass is 10.3. The molecule has 108 valence electrons. The van der Waals surface area contributed by atoms with Gasteiger partial charge in [-0.25, -0.2) is 21.5 Å². The van der Waals surface area contributed by atoms with Gasteiger partial charge in [0.15, 0.2) is 9.84 Å². The highest BCUT2D eigenvalue weighted by atomic mass is 35.5. The van der Waals surface area contributed by atoms with Crippen molar-refractivity contribution in [3.05, 3.63) is 11.8 Å². The smallest absolute Gasteiger partial charge is 0.247 e. The minimum absolute atomic E-state index is 0.0241. The molecule has 10 heteroatoms. The molecule has 1 fully saturated rings. The summed E-state index contributed by atoms with van der Waals surface area (Å²) in [6.45, 7) is 1.71. The van der Waals surface area contributed by atoms with Gasteiger partial charge >= 0.3 is 0 Å². The Morgan fingerprint density at radius 3 is 2.79 bits per heavy atom. The minimum atomic E-state index is -3.63. The average Bonchev–Trinajstić information content (AvgIpc) is 2.81. The molecule has 1 N–H and O–H groups in total. The lowest BCUT2D eigenvalue weighted by Crippen LogP contribution is -2.20. The van der Waals surface area contributed by atoms with Crippen LogP contribution in [0.2, 0.25) is 0 Å². The normalized spacial score (nSPS) is 22.5. The fraction of sp³-hybridized carbons (Fsp3) is 0.667. The number of aromatic nitrogens is 2. The number of rotatable bonds is 4. The maximum Gasteiger partial charge on any atom is 0.247 e. The van der Waals surface area contributed by atoms with Crippen molar-refractivity contribution in [2.75, 3.05) is 21.4 Å². The first kappa shape index (κ1) is 14.6. The highest BCUT2D eigenvalue weighted by Gasteiger charge is 2.31. The first-order valence-corrected chi connectivity index (χ1v) is 9.56. The summed E-state index contributed by atoms with van der Waals surface area (Å²) in [5, 5.41) is 3.59. The monoisotopic (exact) mass is 327 g/mol. The maximum absolute atomic E-state index is 11.5. The number of hydrogen-bond donors (Lipinski definition) is 1. The molecule has 1 aromatic heterocycles. The molecule has 1 aromatic rings. The first-order valence-electron chi connectivity index (χ1n) is 5.55. The molecule has 0 bridgehead atoms. The van der Waals surface area contributed by atoms with E-state index in [-0.39, 0.29) is 23.4 Å². The van der Waals surface area contributed by atoms with E-state index in [0.29, 0.717) is 12.1 Å². The molecule has 7 nitrogen and oxygen atoms in total. The summed E-state index contributed by atoms with van der Waals surface area (Å²) in [4.78, 5) is 0. The van der Waals surface area contributed by atoms with Crippen LogP contribution < -0.4 is 4.72 Å². The Hall–Kier alpha value is -0.800. The molecule has 0 aromatic carbocycles. The molecule has 1 unspecified atom stereocenters. The zero-order valence-corrected chi connectivity index (χ0v) is 12.6. The second kappa shape index (κ2) is 4.95. The molecular weight excluding hydrogens is 314 g/mol. The van der Waals surface area contributed by atoms with Crippen LogP contribution in [0.5, 0.6) is 0 Å². The van der Waals surface area contributed by atoms with Gasteiger partial charge < -0.3 is 0 Å². The van der Waals surface area contributed by atoms with Crippen molar-refractivity contribution in [1.29, 1.82) is 0 Å². The minimum Gasteiger partial charge on any atom is -0.267 e. The van der Waals surface area contributed by atoms with Crippen LogP contribution in [0.4, 0.5) is 5.82 Å².